The number of piperazine rings is 1. The summed E-state index contributed by atoms with van der Waals surface area (Å²) in [5, 5.41) is 4.15. The molecule has 0 saturated carbocycles. The molecule has 2 fully saturated rings. The van der Waals surface area contributed by atoms with E-state index in [1.165, 1.54) is 18.9 Å². The summed E-state index contributed by atoms with van der Waals surface area (Å²) in [7, 11) is 0. The lowest BCUT2D eigenvalue weighted by atomic mass is 10.0. The minimum absolute atomic E-state index is 0.170. The minimum atomic E-state index is -0.170. The van der Waals surface area contributed by atoms with Crippen LogP contribution in [0, 0.1) is 11.7 Å². The van der Waals surface area contributed by atoms with Gasteiger partial charge in [-0.1, -0.05) is 24.2 Å². The zero-order valence-electron chi connectivity index (χ0n) is 18.5. The number of para-hydroxylation sites is 1. The van der Waals surface area contributed by atoms with Crippen LogP contribution in [0.2, 0.25) is 0 Å². The van der Waals surface area contributed by atoms with Gasteiger partial charge in [-0.25, -0.2) is 9.37 Å². The van der Waals surface area contributed by atoms with E-state index >= 15 is 0 Å². The second kappa shape index (κ2) is 9.24. The van der Waals surface area contributed by atoms with Crippen LogP contribution < -0.4 is 9.80 Å². The maximum atomic E-state index is 14.0. The first kappa shape index (κ1) is 20.9. The maximum Gasteiger partial charge on any atom is 0.241 e. The predicted octanol–water partition coefficient (Wildman–Crippen LogP) is 3.83. The van der Waals surface area contributed by atoms with Crippen molar-refractivity contribution in [1.29, 1.82) is 0 Å². The molecule has 0 bridgehead atoms. The number of benzene rings is 1. The Morgan fingerprint density at radius 1 is 1.03 bits per heavy atom. The van der Waals surface area contributed by atoms with E-state index < -0.39 is 0 Å². The number of rotatable bonds is 5. The van der Waals surface area contributed by atoms with Crippen molar-refractivity contribution in [1.82, 2.24) is 20.0 Å². The number of piperidine rings is 1. The third kappa shape index (κ3) is 4.60. The number of aromatic nitrogens is 3. The van der Waals surface area contributed by atoms with Crippen LogP contribution in [0.4, 0.5) is 15.9 Å². The Morgan fingerprint density at radius 3 is 2.62 bits per heavy atom. The number of hydrogen-bond acceptors (Lipinski definition) is 7. The van der Waals surface area contributed by atoms with Gasteiger partial charge in [0.25, 0.3) is 0 Å². The molecule has 2 aliphatic rings. The highest BCUT2D eigenvalue weighted by atomic mass is 19.1. The molecule has 8 heteroatoms. The van der Waals surface area contributed by atoms with Crippen LogP contribution in [0.1, 0.15) is 25.7 Å². The minimum Gasteiger partial charge on any atom is -0.367 e. The highest BCUT2D eigenvalue weighted by Crippen LogP contribution is 2.24. The molecular formula is C24H29FN6O. The van der Waals surface area contributed by atoms with E-state index in [9.17, 15) is 4.39 Å². The van der Waals surface area contributed by atoms with Gasteiger partial charge in [0.1, 0.15) is 11.6 Å². The van der Waals surface area contributed by atoms with Crippen molar-refractivity contribution in [3.05, 3.63) is 54.3 Å². The molecule has 0 N–H and O–H groups in total. The summed E-state index contributed by atoms with van der Waals surface area (Å²) in [6.07, 6.45) is 4.34. The Balaban J connectivity index is 1.17. The van der Waals surface area contributed by atoms with Crippen LogP contribution in [0.5, 0.6) is 0 Å². The summed E-state index contributed by atoms with van der Waals surface area (Å²) in [6, 6.07) is 11.0. The van der Waals surface area contributed by atoms with Gasteiger partial charge in [-0.05, 0) is 43.0 Å². The zero-order chi connectivity index (χ0) is 21.9. The van der Waals surface area contributed by atoms with Crippen LogP contribution in [-0.4, -0.2) is 59.3 Å². The molecule has 2 aromatic heterocycles. The van der Waals surface area contributed by atoms with Gasteiger partial charge in [0.05, 0.1) is 12.2 Å². The normalized spacial score (nSPS) is 20.0. The van der Waals surface area contributed by atoms with Gasteiger partial charge in [-0.3, -0.25) is 4.90 Å². The molecular weight excluding hydrogens is 407 g/mol. The van der Waals surface area contributed by atoms with Gasteiger partial charge in [-0.15, -0.1) is 0 Å². The lowest BCUT2D eigenvalue weighted by Gasteiger charge is -2.35. The third-order valence-electron chi connectivity index (χ3n) is 6.38. The summed E-state index contributed by atoms with van der Waals surface area (Å²) in [5.74, 6) is 2.71. The van der Waals surface area contributed by atoms with E-state index in [0.29, 0.717) is 29.9 Å². The summed E-state index contributed by atoms with van der Waals surface area (Å²) in [6.45, 7) is 8.17. The largest absolute Gasteiger partial charge is 0.367 e. The molecule has 168 valence electrons. The van der Waals surface area contributed by atoms with Crippen molar-refractivity contribution < 1.29 is 8.91 Å². The van der Waals surface area contributed by atoms with Crippen molar-refractivity contribution >= 4 is 11.5 Å². The summed E-state index contributed by atoms with van der Waals surface area (Å²) >= 11 is 0. The number of nitrogens with zero attached hydrogens (tertiary/aromatic N) is 6. The van der Waals surface area contributed by atoms with E-state index in [0.717, 1.165) is 50.6 Å². The number of halogens is 1. The number of pyridine rings is 1. The Morgan fingerprint density at radius 2 is 1.88 bits per heavy atom. The lowest BCUT2D eigenvalue weighted by Crippen LogP contribution is -2.46. The average molecular weight is 437 g/mol. The van der Waals surface area contributed by atoms with Crippen molar-refractivity contribution in [2.24, 2.45) is 5.92 Å². The Hall–Kier alpha value is -3.00. The van der Waals surface area contributed by atoms with Crippen molar-refractivity contribution in [2.75, 3.05) is 49.1 Å². The van der Waals surface area contributed by atoms with Crippen LogP contribution in [0.15, 0.2) is 47.1 Å². The molecule has 2 aliphatic heterocycles. The van der Waals surface area contributed by atoms with Crippen molar-refractivity contribution in [3.63, 3.8) is 0 Å². The Bertz CT molecular complexity index is 1030. The van der Waals surface area contributed by atoms with E-state index in [4.69, 9.17) is 4.52 Å². The molecule has 1 atom stereocenters. The van der Waals surface area contributed by atoms with Crippen LogP contribution in [-0.2, 0) is 6.54 Å². The van der Waals surface area contributed by atoms with Crippen molar-refractivity contribution in [2.45, 2.75) is 26.3 Å². The molecule has 5 rings (SSSR count). The van der Waals surface area contributed by atoms with Gasteiger partial charge >= 0.3 is 0 Å². The zero-order valence-corrected chi connectivity index (χ0v) is 18.5. The van der Waals surface area contributed by atoms with Gasteiger partial charge < -0.3 is 14.3 Å². The summed E-state index contributed by atoms with van der Waals surface area (Å²) in [5.41, 5.74) is 1.53. The standard InChI is InChI=1S/C24H29FN6O/c1-18-5-4-10-31(16-18)22-9-8-19(15-26-22)24-27-23(32-28-24)17-29-11-13-30(14-12-29)21-7-3-2-6-20(21)25/h2-3,6-9,15,18H,4-5,10-14,16-17H2,1H3. The van der Waals surface area contributed by atoms with E-state index in [-0.39, 0.29) is 5.82 Å². The second-order valence-corrected chi connectivity index (χ2v) is 8.82. The first-order valence-corrected chi connectivity index (χ1v) is 11.4. The predicted molar refractivity (Wildman–Crippen MR) is 122 cm³/mol. The molecule has 0 aliphatic carbocycles. The quantitative estimate of drug-likeness (QED) is 0.602. The molecule has 32 heavy (non-hydrogen) atoms. The van der Waals surface area contributed by atoms with E-state index in [2.05, 4.69) is 36.7 Å². The van der Waals surface area contributed by atoms with Gasteiger partial charge in [0.15, 0.2) is 0 Å². The number of hydrogen-bond donors (Lipinski definition) is 0. The molecule has 0 spiro atoms. The van der Waals surface area contributed by atoms with Gasteiger partial charge in [-0.2, -0.15) is 4.98 Å². The van der Waals surface area contributed by atoms with E-state index in [1.54, 1.807) is 6.07 Å². The molecule has 1 unspecified atom stereocenters. The van der Waals surface area contributed by atoms with Gasteiger partial charge in [0.2, 0.25) is 11.7 Å². The molecule has 2 saturated heterocycles. The second-order valence-electron chi connectivity index (χ2n) is 8.82. The van der Waals surface area contributed by atoms with Crippen LogP contribution in [0.25, 0.3) is 11.4 Å². The Labute approximate surface area is 187 Å². The SMILES string of the molecule is CC1CCCN(c2ccc(-c3noc(CN4CCN(c5ccccc5F)CC4)n3)cn2)C1. The van der Waals surface area contributed by atoms with Crippen LogP contribution in [0.3, 0.4) is 0 Å². The molecule has 1 aromatic carbocycles. The lowest BCUT2D eigenvalue weighted by molar-refractivity contribution is 0.215. The fraction of sp³-hybridized carbons (Fsp3) is 0.458. The number of anilines is 2. The monoisotopic (exact) mass is 436 g/mol. The van der Waals surface area contributed by atoms with Gasteiger partial charge in [0, 0.05) is 51.0 Å². The Kier molecular flexibility index (Phi) is 6.03. The summed E-state index contributed by atoms with van der Waals surface area (Å²) in [4.78, 5) is 15.9. The molecule has 3 aromatic rings. The van der Waals surface area contributed by atoms with Crippen molar-refractivity contribution in [3.8, 4) is 11.4 Å². The molecule has 0 radical (unpaired) electrons. The average Bonchev–Trinajstić information content (AvgIpc) is 3.29. The first-order chi connectivity index (χ1) is 15.7. The highest BCUT2D eigenvalue weighted by molar-refractivity contribution is 5.56. The maximum absolute atomic E-state index is 14.0. The van der Waals surface area contributed by atoms with E-state index in [1.807, 2.05) is 30.5 Å². The first-order valence-electron chi connectivity index (χ1n) is 11.4. The fourth-order valence-electron chi connectivity index (χ4n) is 4.59. The highest BCUT2D eigenvalue weighted by Gasteiger charge is 2.22. The molecule has 0 amide bonds. The summed E-state index contributed by atoms with van der Waals surface area (Å²) < 4.78 is 19.5. The fourth-order valence-corrected chi connectivity index (χ4v) is 4.59. The molecule has 7 nitrogen and oxygen atoms in total. The topological polar surface area (TPSA) is 61.5 Å². The third-order valence-corrected chi connectivity index (χ3v) is 6.38. The molecule has 4 heterocycles. The van der Waals surface area contributed by atoms with Crippen LogP contribution >= 0.6 is 0 Å². The smallest absolute Gasteiger partial charge is 0.241 e.